The van der Waals surface area contributed by atoms with Crippen molar-refractivity contribution in [2.24, 2.45) is 0 Å². The molecule has 2 rings (SSSR count). The summed E-state index contributed by atoms with van der Waals surface area (Å²) < 4.78 is 0. The van der Waals surface area contributed by atoms with Gasteiger partial charge in [-0.2, -0.15) is 11.8 Å². The molecule has 0 unspecified atom stereocenters. The Morgan fingerprint density at radius 3 is 2.81 bits per heavy atom. The van der Waals surface area contributed by atoms with Crippen molar-refractivity contribution < 1.29 is 4.79 Å². The van der Waals surface area contributed by atoms with E-state index in [1.54, 1.807) is 0 Å². The third-order valence-electron chi connectivity index (χ3n) is 3.62. The number of benzene rings is 1. The fraction of sp³-hybridized carbons (Fsp3) is 0.562. The lowest BCUT2D eigenvalue weighted by molar-refractivity contribution is -0.116. The monoisotopic (exact) mass is 307 g/mol. The van der Waals surface area contributed by atoms with E-state index in [1.807, 2.05) is 37.0 Å². The minimum Gasteiger partial charge on any atom is -0.326 e. The molecule has 0 saturated carbocycles. The number of nitrogens with one attached hydrogen (secondary N) is 2. The Morgan fingerprint density at radius 2 is 2.05 bits per heavy atom. The number of hydrogen-bond donors (Lipinski definition) is 2. The van der Waals surface area contributed by atoms with Crippen molar-refractivity contribution in [3.8, 4) is 0 Å². The molecule has 1 aliphatic heterocycles. The molecule has 116 valence electrons. The van der Waals surface area contributed by atoms with Gasteiger partial charge in [-0.25, -0.2) is 0 Å². The number of rotatable bonds is 7. The van der Waals surface area contributed by atoms with E-state index in [4.69, 9.17) is 0 Å². The first-order valence-corrected chi connectivity index (χ1v) is 8.77. The van der Waals surface area contributed by atoms with E-state index in [9.17, 15) is 4.79 Å². The maximum absolute atomic E-state index is 12.0. The molecule has 0 spiro atoms. The summed E-state index contributed by atoms with van der Waals surface area (Å²) in [6.07, 6.45) is 1.43. The molecule has 0 bridgehead atoms. The predicted molar refractivity (Wildman–Crippen MR) is 90.8 cm³/mol. The van der Waals surface area contributed by atoms with Crippen LogP contribution in [-0.2, 0) is 11.3 Å². The van der Waals surface area contributed by atoms with Gasteiger partial charge in [0.05, 0.1) is 0 Å². The summed E-state index contributed by atoms with van der Waals surface area (Å²) in [6.45, 7) is 4.07. The maximum Gasteiger partial charge on any atom is 0.224 e. The van der Waals surface area contributed by atoms with Crippen LogP contribution >= 0.6 is 11.8 Å². The number of para-hydroxylation sites is 1. The van der Waals surface area contributed by atoms with Crippen molar-refractivity contribution >= 4 is 23.4 Å². The molecule has 1 aromatic carbocycles. The summed E-state index contributed by atoms with van der Waals surface area (Å²) in [4.78, 5) is 14.4. The fourth-order valence-electron chi connectivity index (χ4n) is 2.42. The van der Waals surface area contributed by atoms with Crippen LogP contribution in [0, 0.1) is 0 Å². The second kappa shape index (κ2) is 9.07. The normalized spacial score (nSPS) is 15.9. The first kappa shape index (κ1) is 16.3. The van der Waals surface area contributed by atoms with Crippen LogP contribution in [0.2, 0.25) is 0 Å². The van der Waals surface area contributed by atoms with Crippen molar-refractivity contribution in [1.82, 2.24) is 10.2 Å². The molecule has 0 aromatic heterocycles. The zero-order chi connectivity index (χ0) is 14.9. The van der Waals surface area contributed by atoms with Gasteiger partial charge in [-0.1, -0.05) is 18.2 Å². The molecule has 1 heterocycles. The third kappa shape index (κ3) is 5.69. The van der Waals surface area contributed by atoms with Crippen LogP contribution in [0.5, 0.6) is 0 Å². The topological polar surface area (TPSA) is 44.4 Å². The van der Waals surface area contributed by atoms with Crippen LogP contribution in [0.4, 0.5) is 5.69 Å². The molecule has 4 nitrogen and oxygen atoms in total. The molecule has 0 aliphatic carbocycles. The van der Waals surface area contributed by atoms with E-state index in [0.29, 0.717) is 6.42 Å². The molecule has 1 aliphatic rings. The fourth-order valence-corrected chi connectivity index (χ4v) is 3.40. The lowest BCUT2D eigenvalue weighted by Gasteiger charge is -2.27. The number of amides is 1. The van der Waals surface area contributed by atoms with Crippen LogP contribution < -0.4 is 10.6 Å². The smallest absolute Gasteiger partial charge is 0.224 e. The van der Waals surface area contributed by atoms with E-state index >= 15 is 0 Å². The van der Waals surface area contributed by atoms with Gasteiger partial charge in [0.15, 0.2) is 0 Å². The van der Waals surface area contributed by atoms with Crippen LogP contribution in [0.3, 0.4) is 0 Å². The molecule has 0 atom stereocenters. The highest BCUT2D eigenvalue weighted by atomic mass is 32.2. The first-order chi connectivity index (χ1) is 10.3. The van der Waals surface area contributed by atoms with Gasteiger partial charge in [-0.3, -0.25) is 9.69 Å². The molecule has 1 fully saturated rings. The lowest BCUT2D eigenvalue weighted by Crippen LogP contribution is -2.32. The van der Waals surface area contributed by atoms with E-state index in [2.05, 4.69) is 21.6 Å². The van der Waals surface area contributed by atoms with Crippen molar-refractivity contribution in [2.75, 3.05) is 43.5 Å². The van der Waals surface area contributed by atoms with Gasteiger partial charge < -0.3 is 10.6 Å². The standard InChI is InChI=1S/C16H25N3OS/c1-17-8-4-7-16(20)18-15-6-3-2-5-14(15)13-19-9-11-21-12-10-19/h2-3,5-6,17H,4,7-13H2,1H3,(H,18,20). The van der Waals surface area contributed by atoms with E-state index in [-0.39, 0.29) is 5.91 Å². The number of nitrogens with zero attached hydrogens (tertiary/aromatic N) is 1. The molecule has 1 saturated heterocycles. The molecule has 0 radical (unpaired) electrons. The first-order valence-electron chi connectivity index (χ1n) is 7.62. The molecule has 2 N–H and O–H groups in total. The summed E-state index contributed by atoms with van der Waals surface area (Å²) in [7, 11) is 1.91. The van der Waals surface area contributed by atoms with Crippen LogP contribution in [0.1, 0.15) is 18.4 Å². The SMILES string of the molecule is CNCCCC(=O)Nc1ccccc1CN1CCSCC1. The highest BCUT2D eigenvalue weighted by Crippen LogP contribution is 2.19. The second-order valence-corrected chi connectivity index (χ2v) is 6.53. The number of thioether (sulfide) groups is 1. The van der Waals surface area contributed by atoms with Gasteiger partial charge in [0, 0.05) is 43.2 Å². The predicted octanol–water partition coefficient (Wildman–Crippen LogP) is 2.17. The van der Waals surface area contributed by atoms with Crippen molar-refractivity contribution in [2.45, 2.75) is 19.4 Å². The van der Waals surface area contributed by atoms with E-state index < -0.39 is 0 Å². The number of carbonyl (C=O) groups excluding carboxylic acids is 1. The molecule has 1 amide bonds. The Balaban J connectivity index is 1.91. The second-order valence-electron chi connectivity index (χ2n) is 5.30. The molecular weight excluding hydrogens is 282 g/mol. The quantitative estimate of drug-likeness (QED) is 0.758. The Labute approximate surface area is 131 Å². The highest BCUT2D eigenvalue weighted by molar-refractivity contribution is 7.99. The Hall–Kier alpha value is -1.04. The van der Waals surface area contributed by atoms with Gasteiger partial charge in [0.2, 0.25) is 5.91 Å². The average molecular weight is 307 g/mol. The number of hydrogen-bond acceptors (Lipinski definition) is 4. The minimum absolute atomic E-state index is 0.104. The van der Waals surface area contributed by atoms with Gasteiger partial charge in [-0.05, 0) is 31.6 Å². The summed E-state index contributed by atoms with van der Waals surface area (Å²) >= 11 is 2.02. The molecule has 1 aromatic rings. The maximum atomic E-state index is 12.0. The molecular formula is C16H25N3OS. The van der Waals surface area contributed by atoms with Crippen LogP contribution in [0.15, 0.2) is 24.3 Å². The van der Waals surface area contributed by atoms with Gasteiger partial charge >= 0.3 is 0 Å². The van der Waals surface area contributed by atoms with Gasteiger partial charge in [0.25, 0.3) is 0 Å². The summed E-state index contributed by atoms with van der Waals surface area (Å²) in [5.41, 5.74) is 2.18. The van der Waals surface area contributed by atoms with Gasteiger partial charge in [-0.15, -0.1) is 0 Å². The van der Waals surface area contributed by atoms with Crippen molar-refractivity contribution in [3.63, 3.8) is 0 Å². The highest BCUT2D eigenvalue weighted by Gasteiger charge is 2.13. The zero-order valence-electron chi connectivity index (χ0n) is 12.7. The Bertz CT molecular complexity index is 447. The van der Waals surface area contributed by atoms with E-state index in [0.717, 1.165) is 38.3 Å². The number of anilines is 1. The number of carbonyl (C=O) groups is 1. The van der Waals surface area contributed by atoms with Crippen molar-refractivity contribution in [1.29, 1.82) is 0 Å². The van der Waals surface area contributed by atoms with Gasteiger partial charge in [0.1, 0.15) is 0 Å². The Morgan fingerprint density at radius 1 is 1.29 bits per heavy atom. The molecule has 21 heavy (non-hydrogen) atoms. The lowest BCUT2D eigenvalue weighted by atomic mass is 10.1. The van der Waals surface area contributed by atoms with E-state index in [1.165, 1.54) is 17.1 Å². The molecule has 5 heteroatoms. The Kier molecular flexibility index (Phi) is 7.06. The third-order valence-corrected chi connectivity index (χ3v) is 4.56. The average Bonchev–Trinajstić information content (AvgIpc) is 2.51. The zero-order valence-corrected chi connectivity index (χ0v) is 13.5. The minimum atomic E-state index is 0.104. The summed E-state index contributed by atoms with van der Waals surface area (Å²) in [5, 5.41) is 6.12. The van der Waals surface area contributed by atoms with Crippen LogP contribution in [-0.4, -0.2) is 49.0 Å². The van der Waals surface area contributed by atoms with Crippen LogP contribution in [0.25, 0.3) is 0 Å². The summed E-state index contributed by atoms with van der Waals surface area (Å²) in [6, 6.07) is 8.15. The van der Waals surface area contributed by atoms with Crippen molar-refractivity contribution in [3.05, 3.63) is 29.8 Å². The largest absolute Gasteiger partial charge is 0.326 e. The summed E-state index contributed by atoms with van der Waals surface area (Å²) in [5.74, 6) is 2.52.